The van der Waals surface area contributed by atoms with Gasteiger partial charge in [0.2, 0.25) is 15.0 Å². The number of aromatic nitrogens is 2. The molecule has 0 spiro atoms. The van der Waals surface area contributed by atoms with E-state index in [0.29, 0.717) is 38.2 Å². The predicted molar refractivity (Wildman–Crippen MR) is 110 cm³/mol. The van der Waals surface area contributed by atoms with Crippen LogP contribution in [0.3, 0.4) is 0 Å². The van der Waals surface area contributed by atoms with Crippen LogP contribution in [0.4, 0.5) is 0 Å². The molecule has 1 atom stereocenters. The number of imidazole rings is 1. The largest absolute Gasteiger partial charge is 0.376 e. The van der Waals surface area contributed by atoms with Crippen LogP contribution in [-0.2, 0) is 32.4 Å². The summed E-state index contributed by atoms with van der Waals surface area (Å²) >= 11 is 0. The Morgan fingerprint density at radius 2 is 1.93 bits per heavy atom. The highest BCUT2D eigenvalue weighted by Crippen LogP contribution is 2.33. The van der Waals surface area contributed by atoms with Crippen LogP contribution < -0.4 is 0 Å². The van der Waals surface area contributed by atoms with Crippen molar-refractivity contribution in [1.82, 2.24) is 14.5 Å². The molecule has 0 aromatic carbocycles. The first kappa shape index (κ1) is 21.3. The Morgan fingerprint density at radius 1 is 1.14 bits per heavy atom. The van der Waals surface area contributed by atoms with Crippen molar-refractivity contribution in [3.63, 3.8) is 0 Å². The minimum atomic E-state index is -3.33. The van der Waals surface area contributed by atoms with E-state index < -0.39 is 9.84 Å². The van der Waals surface area contributed by atoms with Gasteiger partial charge in [-0.25, -0.2) is 13.4 Å². The summed E-state index contributed by atoms with van der Waals surface area (Å²) in [4.78, 5) is 6.61. The van der Waals surface area contributed by atoms with Crippen molar-refractivity contribution in [3.05, 3.63) is 11.9 Å². The highest BCUT2D eigenvalue weighted by Gasteiger charge is 2.33. The Kier molecular flexibility index (Phi) is 6.94. The molecule has 1 saturated heterocycles. The first-order valence-corrected chi connectivity index (χ1v) is 12.8. The second-order valence-electron chi connectivity index (χ2n) is 9.14. The zero-order valence-corrected chi connectivity index (χ0v) is 18.4. The molecule has 1 unspecified atom stereocenters. The third-order valence-electron chi connectivity index (χ3n) is 6.33. The third-order valence-corrected chi connectivity index (χ3v) is 8.12. The zero-order valence-electron chi connectivity index (χ0n) is 17.6. The summed E-state index contributed by atoms with van der Waals surface area (Å²) in [7, 11) is -1.28. The van der Waals surface area contributed by atoms with Gasteiger partial charge in [0.1, 0.15) is 0 Å². The Balaban J connectivity index is 1.50. The van der Waals surface area contributed by atoms with Gasteiger partial charge in [0, 0.05) is 19.6 Å². The van der Waals surface area contributed by atoms with E-state index in [4.69, 9.17) is 9.47 Å². The number of hydrogen-bond acceptors (Lipinski definition) is 6. The van der Waals surface area contributed by atoms with E-state index in [9.17, 15) is 8.42 Å². The lowest BCUT2D eigenvalue weighted by Crippen LogP contribution is -2.38. The Hall–Kier alpha value is -0.960. The minimum Gasteiger partial charge on any atom is -0.376 e. The highest BCUT2D eigenvalue weighted by molar-refractivity contribution is 7.91. The van der Waals surface area contributed by atoms with E-state index in [0.717, 1.165) is 31.6 Å². The Morgan fingerprint density at radius 3 is 2.62 bits per heavy atom. The van der Waals surface area contributed by atoms with Gasteiger partial charge in [0.25, 0.3) is 0 Å². The number of hydrogen-bond donors (Lipinski definition) is 0. The zero-order chi connectivity index (χ0) is 20.3. The monoisotopic (exact) mass is 425 g/mol. The van der Waals surface area contributed by atoms with Gasteiger partial charge in [-0.2, -0.15) is 0 Å². The molecule has 29 heavy (non-hydrogen) atoms. The molecular formula is C21H35N3O4S. The van der Waals surface area contributed by atoms with E-state index in [1.165, 1.54) is 32.1 Å². The topological polar surface area (TPSA) is 73.7 Å². The second-order valence-corrected chi connectivity index (χ2v) is 11.1. The number of ether oxygens (including phenoxy) is 2. The molecule has 164 valence electrons. The molecule has 7 nitrogen and oxygen atoms in total. The second kappa shape index (κ2) is 9.45. The summed E-state index contributed by atoms with van der Waals surface area (Å²) in [6.45, 7) is 4.12. The Labute approximate surface area is 174 Å². The number of likely N-dealkylation sites (N-methyl/N-ethyl adjacent to an activating group) is 1. The molecule has 1 aliphatic heterocycles. The van der Waals surface area contributed by atoms with Crippen molar-refractivity contribution in [1.29, 1.82) is 0 Å². The SMILES string of the molecule is CN(Cc1cnc(S(=O)(=O)CC2CC2)n1CC1CCCCC1)CC1COCCO1. The van der Waals surface area contributed by atoms with Gasteiger partial charge in [-0.3, -0.25) is 4.90 Å². The van der Waals surface area contributed by atoms with Crippen LogP contribution in [-0.4, -0.2) is 68.1 Å². The fourth-order valence-electron chi connectivity index (χ4n) is 4.59. The van der Waals surface area contributed by atoms with E-state index >= 15 is 0 Å². The third kappa shape index (κ3) is 5.81. The molecule has 2 aliphatic carbocycles. The van der Waals surface area contributed by atoms with Crippen molar-refractivity contribution >= 4 is 9.84 Å². The van der Waals surface area contributed by atoms with Crippen LogP contribution in [0, 0.1) is 11.8 Å². The predicted octanol–water partition coefficient (Wildman–Crippen LogP) is 2.49. The molecule has 1 aromatic heterocycles. The summed E-state index contributed by atoms with van der Waals surface area (Å²) in [6, 6.07) is 0. The van der Waals surface area contributed by atoms with Crippen molar-refractivity contribution in [3.8, 4) is 0 Å². The molecular weight excluding hydrogens is 390 g/mol. The van der Waals surface area contributed by atoms with Crippen molar-refractivity contribution in [2.75, 3.05) is 39.2 Å². The van der Waals surface area contributed by atoms with E-state index in [1.807, 2.05) is 11.6 Å². The summed E-state index contributed by atoms with van der Waals surface area (Å²) in [5.74, 6) is 1.12. The molecule has 1 aromatic rings. The first-order valence-electron chi connectivity index (χ1n) is 11.2. The van der Waals surface area contributed by atoms with Gasteiger partial charge in [-0.1, -0.05) is 19.3 Å². The van der Waals surface area contributed by atoms with Crippen molar-refractivity contribution < 1.29 is 17.9 Å². The van der Waals surface area contributed by atoms with Gasteiger partial charge >= 0.3 is 0 Å². The molecule has 2 saturated carbocycles. The lowest BCUT2D eigenvalue weighted by atomic mass is 9.89. The summed E-state index contributed by atoms with van der Waals surface area (Å²) in [6.07, 6.45) is 10.1. The van der Waals surface area contributed by atoms with Crippen LogP contribution in [0.15, 0.2) is 11.4 Å². The van der Waals surface area contributed by atoms with Crippen LogP contribution in [0.1, 0.15) is 50.6 Å². The summed E-state index contributed by atoms with van der Waals surface area (Å²) < 4.78 is 39.3. The molecule has 3 aliphatic rings. The van der Waals surface area contributed by atoms with Gasteiger partial charge in [0.05, 0.1) is 43.6 Å². The van der Waals surface area contributed by atoms with E-state index in [1.54, 1.807) is 6.20 Å². The smallest absolute Gasteiger partial charge is 0.227 e. The van der Waals surface area contributed by atoms with Crippen LogP contribution in [0.2, 0.25) is 0 Å². The average Bonchev–Trinajstić information content (AvgIpc) is 3.42. The van der Waals surface area contributed by atoms with E-state index in [2.05, 4.69) is 9.88 Å². The van der Waals surface area contributed by atoms with Gasteiger partial charge < -0.3 is 14.0 Å². The maximum absolute atomic E-state index is 13.0. The number of sulfone groups is 1. The minimum absolute atomic E-state index is 0.0709. The Bertz CT molecular complexity index is 763. The average molecular weight is 426 g/mol. The van der Waals surface area contributed by atoms with Crippen LogP contribution in [0.25, 0.3) is 0 Å². The fraction of sp³-hybridized carbons (Fsp3) is 0.857. The quantitative estimate of drug-likeness (QED) is 0.605. The fourth-order valence-corrected chi connectivity index (χ4v) is 6.43. The standard InChI is InChI=1S/C21H35N3O4S/c1-23(14-20-15-27-9-10-28-20)13-19-11-22-21(29(25,26)16-18-7-8-18)24(19)12-17-5-3-2-4-6-17/h11,17-18,20H,2-10,12-16H2,1H3. The molecule has 0 N–H and O–H groups in total. The first-order chi connectivity index (χ1) is 14.0. The van der Waals surface area contributed by atoms with Gasteiger partial charge in [-0.15, -0.1) is 0 Å². The van der Waals surface area contributed by atoms with Crippen molar-refractivity contribution in [2.45, 2.75) is 69.3 Å². The van der Waals surface area contributed by atoms with Crippen molar-refractivity contribution in [2.24, 2.45) is 11.8 Å². The number of nitrogens with zero attached hydrogens (tertiary/aromatic N) is 3. The molecule has 0 amide bonds. The maximum Gasteiger partial charge on any atom is 0.227 e. The number of rotatable bonds is 9. The molecule has 8 heteroatoms. The highest BCUT2D eigenvalue weighted by atomic mass is 32.2. The lowest BCUT2D eigenvalue weighted by Gasteiger charge is -2.28. The van der Waals surface area contributed by atoms with Crippen LogP contribution in [0.5, 0.6) is 0 Å². The van der Waals surface area contributed by atoms with Gasteiger partial charge in [0.15, 0.2) is 0 Å². The normalized spacial score (nSPS) is 24.3. The van der Waals surface area contributed by atoms with Crippen LogP contribution >= 0.6 is 0 Å². The molecule has 0 bridgehead atoms. The molecule has 4 rings (SSSR count). The van der Waals surface area contributed by atoms with E-state index in [-0.39, 0.29) is 17.0 Å². The summed E-state index contributed by atoms with van der Waals surface area (Å²) in [5.41, 5.74) is 0.990. The molecule has 2 heterocycles. The van der Waals surface area contributed by atoms with Gasteiger partial charge in [-0.05, 0) is 44.6 Å². The lowest BCUT2D eigenvalue weighted by molar-refractivity contribution is -0.0964. The molecule has 0 radical (unpaired) electrons. The summed E-state index contributed by atoms with van der Waals surface area (Å²) in [5, 5.41) is 0.288. The molecule has 3 fully saturated rings. The maximum atomic E-state index is 13.0.